The number of amides is 1. The zero-order valence-electron chi connectivity index (χ0n) is 39.3. The SMILES string of the molecule is CCP(=O)(CC)c1ccc(-n2ccn(-c3c4c(nn3-c3cc(C)c(F)c(C)c3)CCN(C(=O)c3cc5cc(C6CCOCC6)ccc5n3C3(c5noc(=O)[nH]5)CC3C)C4C)c2=O)cc1N(C)C. The van der Waals surface area contributed by atoms with Gasteiger partial charge < -0.3 is 23.7 Å². The number of ether oxygens (including phenoxy) is 1. The summed E-state index contributed by atoms with van der Waals surface area (Å²) in [6.07, 6.45) is 7.29. The Hall–Kier alpha value is -6.25. The van der Waals surface area contributed by atoms with Crippen molar-refractivity contribution < 1.29 is 23.0 Å². The maximum absolute atomic E-state index is 15.6. The summed E-state index contributed by atoms with van der Waals surface area (Å²) < 4.78 is 46.8. The molecule has 2 aliphatic heterocycles. The Morgan fingerprint density at radius 3 is 2.30 bits per heavy atom. The average molecular weight is 930 g/mol. The van der Waals surface area contributed by atoms with Crippen molar-refractivity contribution in [1.82, 2.24) is 38.5 Å². The Morgan fingerprint density at radius 2 is 1.66 bits per heavy atom. The fraction of sp³-hybridized carbons (Fsp3) is 0.420. The molecule has 3 atom stereocenters. The maximum Gasteiger partial charge on any atom is 0.438 e. The largest absolute Gasteiger partial charge is 0.438 e. The van der Waals surface area contributed by atoms with Gasteiger partial charge in [-0.05, 0) is 117 Å². The van der Waals surface area contributed by atoms with Crippen LogP contribution in [0.25, 0.3) is 28.1 Å². The highest BCUT2D eigenvalue weighted by Gasteiger charge is 2.59. The summed E-state index contributed by atoms with van der Waals surface area (Å²) in [5.41, 5.74) is 5.49. The first-order chi connectivity index (χ1) is 32.1. The van der Waals surface area contributed by atoms with Gasteiger partial charge in [0.15, 0.2) is 5.82 Å². The van der Waals surface area contributed by atoms with Gasteiger partial charge in [-0.1, -0.05) is 32.0 Å². The van der Waals surface area contributed by atoms with Crippen LogP contribution in [-0.4, -0.2) is 90.6 Å². The number of halogens is 1. The minimum Gasteiger partial charge on any atom is -0.381 e. The predicted octanol–water partition coefficient (Wildman–Crippen LogP) is 7.73. The molecule has 0 spiro atoms. The van der Waals surface area contributed by atoms with Gasteiger partial charge in [-0.3, -0.25) is 23.4 Å². The van der Waals surface area contributed by atoms with Crippen molar-refractivity contribution in [1.29, 1.82) is 0 Å². The lowest BCUT2D eigenvalue weighted by molar-refractivity contribution is 0.0663. The Labute approximate surface area is 387 Å². The van der Waals surface area contributed by atoms with Crippen LogP contribution in [0.5, 0.6) is 0 Å². The third-order valence-corrected chi connectivity index (χ3v) is 18.1. The van der Waals surface area contributed by atoms with E-state index in [4.69, 9.17) is 14.4 Å². The van der Waals surface area contributed by atoms with Gasteiger partial charge in [0.25, 0.3) is 5.91 Å². The number of H-pyrrole nitrogens is 1. The minimum absolute atomic E-state index is 0.0205. The third-order valence-electron chi connectivity index (χ3n) is 14.8. The van der Waals surface area contributed by atoms with Crippen LogP contribution in [0.4, 0.5) is 10.1 Å². The molecule has 0 radical (unpaired) electrons. The molecule has 67 heavy (non-hydrogen) atoms. The maximum atomic E-state index is 15.6. The molecule has 3 unspecified atom stereocenters. The first-order valence-corrected chi connectivity index (χ1v) is 25.4. The Kier molecular flexibility index (Phi) is 11.0. The fourth-order valence-corrected chi connectivity index (χ4v) is 13.0. The number of nitrogens with one attached hydrogen (secondary N) is 1. The number of imidazole rings is 1. The first kappa shape index (κ1) is 44.6. The zero-order chi connectivity index (χ0) is 47.3. The second-order valence-electron chi connectivity index (χ2n) is 18.9. The molecule has 6 heterocycles. The van der Waals surface area contributed by atoms with Gasteiger partial charge in [0.2, 0.25) is 0 Å². The Bertz CT molecular complexity index is 3240. The molecule has 7 aromatic rings. The number of rotatable bonds is 11. The van der Waals surface area contributed by atoms with Crippen LogP contribution in [0.3, 0.4) is 0 Å². The molecule has 1 saturated carbocycles. The van der Waals surface area contributed by atoms with Crippen LogP contribution in [0.15, 0.2) is 81.1 Å². The van der Waals surface area contributed by atoms with E-state index in [1.54, 1.807) is 52.2 Å². The third kappa shape index (κ3) is 7.08. The number of benzene rings is 3. The van der Waals surface area contributed by atoms with E-state index in [2.05, 4.69) is 35.3 Å². The molecule has 0 bridgehead atoms. The lowest BCUT2D eigenvalue weighted by Crippen LogP contribution is -2.41. The van der Waals surface area contributed by atoms with Crippen molar-refractivity contribution in [3.8, 4) is 17.2 Å². The molecule has 17 heteroatoms. The quantitative estimate of drug-likeness (QED) is 0.128. The summed E-state index contributed by atoms with van der Waals surface area (Å²) in [5, 5.41) is 11.0. The van der Waals surface area contributed by atoms with E-state index >= 15 is 9.18 Å². The van der Waals surface area contributed by atoms with E-state index in [1.807, 2.05) is 73.5 Å². The molecular formula is C50H57FN9O6P. The normalized spacial score (nSPS) is 19.9. The van der Waals surface area contributed by atoms with E-state index in [9.17, 15) is 14.2 Å². The van der Waals surface area contributed by atoms with Crippen molar-refractivity contribution in [2.75, 3.05) is 51.1 Å². The number of aryl methyl sites for hydroxylation is 2. The Morgan fingerprint density at radius 1 is 0.955 bits per heavy atom. The van der Waals surface area contributed by atoms with E-state index in [0.29, 0.717) is 102 Å². The smallest absolute Gasteiger partial charge is 0.381 e. The molecule has 3 aliphatic rings. The number of aromatic amines is 1. The highest BCUT2D eigenvalue weighted by Crippen LogP contribution is 2.56. The molecule has 15 nitrogen and oxygen atoms in total. The van der Waals surface area contributed by atoms with E-state index in [-0.39, 0.29) is 23.3 Å². The van der Waals surface area contributed by atoms with E-state index < -0.39 is 24.5 Å². The number of carbonyl (C=O) groups is 1. The monoisotopic (exact) mass is 929 g/mol. The molecule has 1 N–H and O–H groups in total. The van der Waals surface area contributed by atoms with Gasteiger partial charge in [-0.25, -0.2) is 18.7 Å². The van der Waals surface area contributed by atoms with Crippen molar-refractivity contribution in [3.63, 3.8) is 0 Å². The predicted molar refractivity (Wildman–Crippen MR) is 256 cm³/mol. The highest BCUT2D eigenvalue weighted by molar-refractivity contribution is 7.71. The van der Waals surface area contributed by atoms with Crippen LogP contribution < -0.4 is 21.7 Å². The van der Waals surface area contributed by atoms with Crippen molar-refractivity contribution in [2.45, 2.75) is 84.7 Å². The van der Waals surface area contributed by atoms with Gasteiger partial charge in [0.05, 0.1) is 23.1 Å². The number of anilines is 1. The summed E-state index contributed by atoms with van der Waals surface area (Å²) >= 11 is 0. The molecule has 350 valence electrons. The molecule has 4 aromatic heterocycles. The van der Waals surface area contributed by atoms with Gasteiger partial charge >= 0.3 is 11.4 Å². The first-order valence-electron chi connectivity index (χ1n) is 23.3. The van der Waals surface area contributed by atoms with Crippen LogP contribution in [0, 0.1) is 25.6 Å². The summed E-state index contributed by atoms with van der Waals surface area (Å²) in [6, 6.07) is 16.8. The second-order valence-corrected chi connectivity index (χ2v) is 22.4. The fourth-order valence-electron chi connectivity index (χ4n) is 10.9. The topological polar surface area (TPSA) is 158 Å². The van der Waals surface area contributed by atoms with Gasteiger partial charge in [0.1, 0.15) is 30.0 Å². The number of hydrogen-bond acceptors (Lipinski definition) is 9. The number of nitrogens with zero attached hydrogens (tertiary/aromatic N) is 8. The van der Waals surface area contributed by atoms with Crippen LogP contribution >= 0.6 is 7.14 Å². The van der Waals surface area contributed by atoms with Gasteiger partial charge in [0, 0.05) is 92.5 Å². The van der Waals surface area contributed by atoms with Crippen LogP contribution in [0.2, 0.25) is 0 Å². The van der Waals surface area contributed by atoms with Gasteiger partial charge in [-0.15, -0.1) is 0 Å². The van der Waals surface area contributed by atoms with E-state index in [1.165, 1.54) is 5.56 Å². The minimum atomic E-state index is -2.67. The molecule has 10 rings (SSSR count). The van der Waals surface area contributed by atoms with Gasteiger partial charge in [-0.2, -0.15) is 5.10 Å². The van der Waals surface area contributed by atoms with Crippen molar-refractivity contribution in [2.24, 2.45) is 5.92 Å². The summed E-state index contributed by atoms with van der Waals surface area (Å²) in [6.45, 7) is 13.1. The average Bonchev–Trinajstić information content (AvgIpc) is 3.82. The number of aromatic nitrogens is 7. The lowest BCUT2D eigenvalue weighted by Gasteiger charge is -2.34. The molecule has 1 amide bonds. The van der Waals surface area contributed by atoms with Crippen molar-refractivity contribution >= 4 is 34.9 Å². The number of carbonyl (C=O) groups excluding carboxylic acids is 1. The van der Waals surface area contributed by atoms with Crippen LogP contribution in [-0.2, 0) is 21.3 Å². The summed E-state index contributed by atoms with van der Waals surface area (Å²) in [7, 11) is 1.14. The lowest BCUT2D eigenvalue weighted by atomic mass is 9.91. The Balaban J connectivity index is 1.12. The number of fused-ring (bicyclic) bond motifs is 2. The highest BCUT2D eigenvalue weighted by atomic mass is 31.2. The second kappa shape index (κ2) is 16.5. The standard InChI is InChI=1S/C50H57FN9O6P/c1-9-67(64,10-2)42-14-12-36(27-40(42)55(7)8)57-19-20-58(49(57)63)45-43-32(6)56(18-15-38(43)53-60(45)37-23-29(3)44(51)30(4)24-37)46(61)41-26-35-25-34(33-16-21-65-22-17-33)11-13-39(35)59(41)50(28-31(50)5)47-52-48(62)66-54-47/h11-14,19-20,23-27,31-33H,9-10,15-18,21-22,28H2,1-8H3,(H,52,54,62). The summed E-state index contributed by atoms with van der Waals surface area (Å²) in [5.74, 6) is -0.0463. The zero-order valence-corrected chi connectivity index (χ0v) is 40.2. The molecular weight excluding hydrogens is 873 g/mol. The van der Waals surface area contributed by atoms with E-state index in [0.717, 1.165) is 34.7 Å². The molecule has 1 saturated heterocycles. The summed E-state index contributed by atoms with van der Waals surface area (Å²) in [4.78, 5) is 49.5. The van der Waals surface area contributed by atoms with Crippen LogP contribution in [0.1, 0.15) is 103 Å². The molecule has 3 aromatic carbocycles. The van der Waals surface area contributed by atoms with Crippen molar-refractivity contribution in [3.05, 3.63) is 133 Å². The molecule has 1 aliphatic carbocycles. The number of hydrogen-bond donors (Lipinski definition) is 1. The molecule has 2 fully saturated rings.